The van der Waals surface area contributed by atoms with E-state index in [1.807, 2.05) is 12.1 Å². The number of methoxy groups -OCH3 is 1. The second-order valence-electron chi connectivity index (χ2n) is 6.24. The predicted octanol–water partition coefficient (Wildman–Crippen LogP) is 1.64. The van der Waals surface area contributed by atoms with Gasteiger partial charge < -0.3 is 25.4 Å². The molecule has 3 N–H and O–H groups in total. The summed E-state index contributed by atoms with van der Waals surface area (Å²) >= 11 is 6.25. The normalized spacial score (nSPS) is 16.1. The summed E-state index contributed by atoms with van der Waals surface area (Å²) in [5.74, 6) is 1.01. The summed E-state index contributed by atoms with van der Waals surface area (Å²) in [6.07, 6.45) is 2.46. The smallest absolute Gasteiger partial charge is 0.255 e. The number of nitrogens with zero attached hydrogens (tertiary/aromatic N) is 1. The second-order valence-corrected chi connectivity index (χ2v) is 6.65. The quantitative estimate of drug-likeness (QED) is 0.741. The fourth-order valence-electron chi connectivity index (χ4n) is 2.85. The van der Waals surface area contributed by atoms with Gasteiger partial charge in [-0.1, -0.05) is 11.6 Å². The van der Waals surface area contributed by atoms with Crippen molar-refractivity contribution in [2.24, 2.45) is 11.7 Å². The number of nitrogens with one attached hydrogen (secondary N) is 1. The van der Waals surface area contributed by atoms with Gasteiger partial charge in [-0.15, -0.1) is 0 Å². The Morgan fingerprint density at radius 3 is 2.75 bits per heavy atom. The monoisotopic (exact) mass is 355 g/mol. The van der Waals surface area contributed by atoms with Crippen LogP contribution in [0.25, 0.3) is 0 Å². The maximum atomic E-state index is 10.9. The lowest BCUT2D eigenvalue weighted by atomic mass is 9.97. The molecule has 1 aromatic rings. The van der Waals surface area contributed by atoms with Gasteiger partial charge in [-0.2, -0.15) is 0 Å². The highest BCUT2D eigenvalue weighted by Gasteiger charge is 2.17. The van der Waals surface area contributed by atoms with Crippen LogP contribution in [0.1, 0.15) is 18.4 Å². The van der Waals surface area contributed by atoms with Gasteiger partial charge in [0.1, 0.15) is 0 Å². The molecule has 7 heteroatoms. The fraction of sp³-hybridized carbons (Fsp3) is 0.588. The van der Waals surface area contributed by atoms with Crippen LogP contribution in [0.5, 0.6) is 11.5 Å². The highest BCUT2D eigenvalue weighted by atomic mass is 35.5. The van der Waals surface area contributed by atoms with E-state index >= 15 is 0 Å². The van der Waals surface area contributed by atoms with Crippen LogP contribution in [-0.4, -0.2) is 51.2 Å². The van der Waals surface area contributed by atoms with Gasteiger partial charge in [0.05, 0.1) is 12.1 Å². The van der Waals surface area contributed by atoms with Gasteiger partial charge in [0.15, 0.2) is 18.1 Å². The summed E-state index contributed by atoms with van der Waals surface area (Å²) in [7, 11) is 3.71. The van der Waals surface area contributed by atoms with Gasteiger partial charge in [0.25, 0.3) is 5.91 Å². The Kier molecular flexibility index (Phi) is 7.15. The largest absolute Gasteiger partial charge is 0.493 e. The molecular weight excluding hydrogens is 330 g/mol. The molecule has 1 aliphatic heterocycles. The van der Waals surface area contributed by atoms with Crippen molar-refractivity contribution in [2.75, 3.05) is 40.4 Å². The summed E-state index contributed by atoms with van der Waals surface area (Å²) in [6.45, 7) is 3.80. The number of piperidine rings is 1. The van der Waals surface area contributed by atoms with Crippen LogP contribution in [0.2, 0.25) is 5.02 Å². The van der Waals surface area contributed by atoms with Gasteiger partial charge in [-0.05, 0) is 63.1 Å². The maximum absolute atomic E-state index is 10.9. The van der Waals surface area contributed by atoms with Crippen LogP contribution in [0.4, 0.5) is 0 Å². The molecule has 24 heavy (non-hydrogen) atoms. The van der Waals surface area contributed by atoms with Crippen molar-refractivity contribution in [2.45, 2.75) is 19.4 Å². The number of rotatable bonds is 8. The number of ether oxygens (including phenoxy) is 2. The SMILES string of the molecule is COc1cc(CNCC2CCN(C)CC2)cc(Cl)c1OCC(N)=O. The minimum Gasteiger partial charge on any atom is -0.493 e. The summed E-state index contributed by atoms with van der Waals surface area (Å²) < 4.78 is 10.6. The van der Waals surface area contributed by atoms with Gasteiger partial charge >= 0.3 is 0 Å². The molecule has 6 nitrogen and oxygen atoms in total. The van der Waals surface area contributed by atoms with E-state index in [9.17, 15) is 4.79 Å². The number of carbonyl (C=O) groups excluding carboxylic acids is 1. The number of carbonyl (C=O) groups is 1. The molecule has 1 saturated heterocycles. The molecule has 2 rings (SSSR count). The molecule has 1 aliphatic rings. The van der Waals surface area contributed by atoms with Gasteiger partial charge in [0.2, 0.25) is 0 Å². The van der Waals surface area contributed by atoms with Crippen LogP contribution in [0, 0.1) is 5.92 Å². The zero-order valence-electron chi connectivity index (χ0n) is 14.3. The highest BCUT2D eigenvalue weighted by molar-refractivity contribution is 6.32. The minimum atomic E-state index is -0.558. The standard InChI is InChI=1S/C17H26ClN3O3/c1-21-5-3-12(4-6-21)9-20-10-13-7-14(18)17(15(8-13)23-2)24-11-16(19)22/h7-8,12,20H,3-6,9-11H2,1-2H3,(H2,19,22). The lowest BCUT2D eigenvalue weighted by Gasteiger charge is -2.29. The topological polar surface area (TPSA) is 76.8 Å². The van der Waals surface area contributed by atoms with E-state index < -0.39 is 5.91 Å². The molecule has 1 aromatic carbocycles. The van der Waals surface area contributed by atoms with Crippen LogP contribution in [0.15, 0.2) is 12.1 Å². The lowest BCUT2D eigenvalue weighted by Crippen LogP contribution is -2.34. The first-order valence-electron chi connectivity index (χ1n) is 8.16. The predicted molar refractivity (Wildman–Crippen MR) is 94.6 cm³/mol. The lowest BCUT2D eigenvalue weighted by molar-refractivity contribution is -0.119. The van der Waals surface area contributed by atoms with E-state index in [4.69, 9.17) is 26.8 Å². The van der Waals surface area contributed by atoms with Gasteiger partial charge in [-0.25, -0.2) is 0 Å². The van der Waals surface area contributed by atoms with Crippen LogP contribution in [0.3, 0.4) is 0 Å². The van der Waals surface area contributed by atoms with Crippen LogP contribution < -0.4 is 20.5 Å². The minimum absolute atomic E-state index is 0.232. The molecule has 0 aromatic heterocycles. The molecular formula is C17H26ClN3O3. The average Bonchev–Trinajstić information content (AvgIpc) is 2.55. The first-order chi connectivity index (χ1) is 11.5. The Balaban J connectivity index is 1.91. The van der Waals surface area contributed by atoms with Crippen molar-refractivity contribution in [3.63, 3.8) is 0 Å². The third kappa shape index (κ3) is 5.54. The fourth-order valence-corrected chi connectivity index (χ4v) is 3.13. The summed E-state index contributed by atoms with van der Waals surface area (Å²) in [4.78, 5) is 13.2. The van der Waals surface area contributed by atoms with E-state index in [1.54, 1.807) is 7.11 Å². The van der Waals surface area contributed by atoms with Crippen molar-refractivity contribution in [3.05, 3.63) is 22.7 Å². The van der Waals surface area contributed by atoms with Crippen LogP contribution >= 0.6 is 11.6 Å². The van der Waals surface area contributed by atoms with Crippen LogP contribution in [-0.2, 0) is 11.3 Å². The molecule has 0 bridgehead atoms. The van der Waals surface area contributed by atoms with Crippen molar-refractivity contribution >= 4 is 17.5 Å². The van der Waals surface area contributed by atoms with Crippen molar-refractivity contribution < 1.29 is 14.3 Å². The van der Waals surface area contributed by atoms with Gasteiger partial charge in [0, 0.05) is 6.54 Å². The van der Waals surface area contributed by atoms with Crippen molar-refractivity contribution in [3.8, 4) is 11.5 Å². The molecule has 0 radical (unpaired) electrons. The molecule has 0 atom stereocenters. The number of hydrogen-bond donors (Lipinski definition) is 2. The zero-order chi connectivity index (χ0) is 17.5. The zero-order valence-corrected chi connectivity index (χ0v) is 15.1. The molecule has 0 unspecified atom stereocenters. The second kappa shape index (κ2) is 9.11. The maximum Gasteiger partial charge on any atom is 0.255 e. The third-order valence-corrected chi connectivity index (χ3v) is 4.53. The molecule has 0 aliphatic carbocycles. The highest BCUT2D eigenvalue weighted by Crippen LogP contribution is 2.36. The molecule has 1 heterocycles. The Labute approximate surface area is 148 Å². The molecule has 134 valence electrons. The number of benzene rings is 1. The summed E-state index contributed by atoms with van der Waals surface area (Å²) in [5.41, 5.74) is 6.11. The Hall–Kier alpha value is -1.50. The van der Waals surface area contributed by atoms with Crippen molar-refractivity contribution in [1.29, 1.82) is 0 Å². The first-order valence-corrected chi connectivity index (χ1v) is 8.54. The summed E-state index contributed by atoms with van der Waals surface area (Å²) in [5, 5.41) is 3.90. The van der Waals surface area contributed by atoms with Gasteiger partial charge in [-0.3, -0.25) is 4.79 Å². The number of amides is 1. The molecule has 0 spiro atoms. The third-order valence-electron chi connectivity index (χ3n) is 4.25. The summed E-state index contributed by atoms with van der Waals surface area (Å²) in [6, 6.07) is 3.69. The Morgan fingerprint density at radius 1 is 1.42 bits per heavy atom. The van der Waals surface area contributed by atoms with Crippen molar-refractivity contribution in [1.82, 2.24) is 10.2 Å². The van der Waals surface area contributed by atoms with E-state index in [0.29, 0.717) is 23.1 Å². The van der Waals surface area contributed by atoms with E-state index in [2.05, 4.69) is 17.3 Å². The number of halogens is 1. The van der Waals surface area contributed by atoms with E-state index in [1.165, 1.54) is 12.8 Å². The molecule has 1 fully saturated rings. The molecule has 0 saturated carbocycles. The number of nitrogens with two attached hydrogens (primary N) is 1. The van der Waals surface area contributed by atoms with E-state index in [-0.39, 0.29) is 6.61 Å². The average molecular weight is 356 g/mol. The first kappa shape index (κ1) is 18.8. The number of hydrogen-bond acceptors (Lipinski definition) is 5. The molecule has 1 amide bonds. The Bertz CT molecular complexity index is 560. The van der Waals surface area contributed by atoms with E-state index in [0.717, 1.165) is 31.1 Å². The number of likely N-dealkylation sites (tertiary alicyclic amines) is 1. The Morgan fingerprint density at radius 2 is 2.12 bits per heavy atom. The number of primary amides is 1.